The van der Waals surface area contributed by atoms with Gasteiger partial charge in [-0.05, 0) is 44.9 Å². The van der Waals surface area contributed by atoms with Gasteiger partial charge in [-0.2, -0.15) is 5.10 Å². The summed E-state index contributed by atoms with van der Waals surface area (Å²) in [6.45, 7) is 4.75. The fraction of sp³-hybridized carbons (Fsp3) is 0.444. The molecule has 0 saturated carbocycles. The van der Waals surface area contributed by atoms with Gasteiger partial charge in [0.05, 0.1) is 18.4 Å². The molecule has 0 spiro atoms. The molecule has 3 rings (SSSR count). The number of carbonyl (C=O) groups is 1. The summed E-state index contributed by atoms with van der Waals surface area (Å²) in [5.74, 6) is 0.577. The molecule has 1 atom stereocenters. The molecule has 1 fully saturated rings. The molecule has 6 heteroatoms. The number of nitrogens with zero attached hydrogens (tertiary/aromatic N) is 1. The summed E-state index contributed by atoms with van der Waals surface area (Å²) < 4.78 is 11.0. The lowest BCUT2D eigenvalue weighted by atomic mass is 9.94. The molecule has 1 saturated heterocycles. The fourth-order valence-electron chi connectivity index (χ4n) is 3.05. The normalized spacial score (nSPS) is 19.7. The summed E-state index contributed by atoms with van der Waals surface area (Å²) in [5, 5.41) is 10.1. The zero-order valence-corrected chi connectivity index (χ0v) is 14.3. The van der Waals surface area contributed by atoms with E-state index < -0.39 is 0 Å². The van der Waals surface area contributed by atoms with E-state index in [1.54, 1.807) is 13.2 Å². The molecule has 6 nitrogen and oxygen atoms in total. The smallest absolute Gasteiger partial charge is 0.269 e. The summed E-state index contributed by atoms with van der Waals surface area (Å²) in [6.07, 6.45) is 1.62. The second kappa shape index (κ2) is 6.65. The maximum atomic E-state index is 12.5. The number of para-hydroxylation sites is 1. The SMILES string of the molecule is COc1ccccc1-c1cc(C(=O)N[C@H]2CCOC(C)(C)C2)[nH]n1. The maximum absolute atomic E-state index is 12.5. The number of hydrogen-bond donors (Lipinski definition) is 2. The van der Waals surface area contributed by atoms with Crippen molar-refractivity contribution in [2.24, 2.45) is 0 Å². The Labute approximate surface area is 141 Å². The Hall–Kier alpha value is -2.34. The van der Waals surface area contributed by atoms with E-state index in [0.717, 1.165) is 24.2 Å². The first-order chi connectivity index (χ1) is 11.5. The van der Waals surface area contributed by atoms with Gasteiger partial charge in [0.25, 0.3) is 5.91 Å². The van der Waals surface area contributed by atoms with Gasteiger partial charge in [0.2, 0.25) is 0 Å². The highest BCUT2D eigenvalue weighted by Gasteiger charge is 2.30. The average molecular weight is 329 g/mol. The van der Waals surface area contributed by atoms with Gasteiger partial charge in [-0.25, -0.2) is 0 Å². The van der Waals surface area contributed by atoms with Crippen molar-refractivity contribution in [3.8, 4) is 17.0 Å². The number of ether oxygens (including phenoxy) is 2. The molecular weight excluding hydrogens is 306 g/mol. The molecule has 2 heterocycles. The molecule has 0 radical (unpaired) electrons. The minimum Gasteiger partial charge on any atom is -0.496 e. The molecular formula is C18H23N3O3. The van der Waals surface area contributed by atoms with E-state index in [0.29, 0.717) is 18.0 Å². The fourth-order valence-corrected chi connectivity index (χ4v) is 3.05. The highest BCUT2D eigenvalue weighted by Crippen LogP contribution is 2.28. The number of rotatable bonds is 4. The van der Waals surface area contributed by atoms with Gasteiger partial charge in [0.1, 0.15) is 11.4 Å². The number of carbonyl (C=O) groups excluding carboxylic acids is 1. The first kappa shape index (κ1) is 16.5. The Morgan fingerprint density at radius 1 is 1.42 bits per heavy atom. The second-order valence-electron chi connectivity index (χ2n) is 6.64. The standard InChI is InChI=1S/C18H23N3O3/c1-18(2)11-12(8-9-24-18)19-17(22)15-10-14(20-21-15)13-6-4-5-7-16(13)23-3/h4-7,10,12H,8-9,11H2,1-3H3,(H,19,22)(H,20,21)/t12-/m0/s1. The Morgan fingerprint density at radius 2 is 2.21 bits per heavy atom. The molecule has 1 aromatic heterocycles. The van der Waals surface area contributed by atoms with Crippen LogP contribution in [-0.2, 0) is 4.74 Å². The lowest BCUT2D eigenvalue weighted by molar-refractivity contribution is -0.0615. The van der Waals surface area contributed by atoms with Crippen molar-refractivity contribution < 1.29 is 14.3 Å². The monoisotopic (exact) mass is 329 g/mol. The third kappa shape index (κ3) is 3.59. The van der Waals surface area contributed by atoms with Crippen LogP contribution in [0.25, 0.3) is 11.3 Å². The van der Waals surface area contributed by atoms with Crippen LogP contribution in [0.4, 0.5) is 0 Å². The van der Waals surface area contributed by atoms with Crippen LogP contribution < -0.4 is 10.1 Å². The van der Waals surface area contributed by atoms with Crippen molar-refractivity contribution in [3.63, 3.8) is 0 Å². The third-order valence-corrected chi connectivity index (χ3v) is 4.24. The molecule has 1 aliphatic rings. The van der Waals surface area contributed by atoms with Gasteiger partial charge in [0, 0.05) is 18.2 Å². The predicted molar refractivity (Wildman–Crippen MR) is 91.1 cm³/mol. The average Bonchev–Trinajstić information content (AvgIpc) is 3.04. The van der Waals surface area contributed by atoms with Crippen LogP contribution >= 0.6 is 0 Å². The minimum absolute atomic E-state index is 0.110. The minimum atomic E-state index is -0.202. The van der Waals surface area contributed by atoms with Crippen LogP contribution in [0.15, 0.2) is 30.3 Å². The molecule has 128 valence electrons. The van der Waals surface area contributed by atoms with Gasteiger partial charge in [-0.1, -0.05) is 12.1 Å². The van der Waals surface area contributed by atoms with Crippen LogP contribution in [0.1, 0.15) is 37.2 Å². The molecule has 2 aromatic rings. The van der Waals surface area contributed by atoms with Crippen LogP contribution in [0.2, 0.25) is 0 Å². The first-order valence-corrected chi connectivity index (χ1v) is 8.12. The van der Waals surface area contributed by atoms with E-state index in [9.17, 15) is 4.79 Å². The zero-order valence-electron chi connectivity index (χ0n) is 14.3. The van der Waals surface area contributed by atoms with Crippen molar-refractivity contribution in [1.82, 2.24) is 15.5 Å². The second-order valence-corrected chi connectivity index (χ2v) is 6.64. The highest BCUT2D eigenvalue weighted by atomic mass is 16.5. The number of amides is 1. The van der Waals surface area contributed by atoms with E-state index in [1.165, 1.54) is 0 Å². The topological polar surface area (TPSA) is 76.2 Å². The zero-order chi connectivity index (χ0) is 17.2. The lowest BCUT2D eigenvalue weighted by Crippen LogP contribution is -2.45. The van der Waals surface area contributed by atoms with E-state index in [1.807, 2.05) is 38.1 Å². The van der Waals surface area contributed by atoms with Crippen molar-refractivity contribution in [2.75, 3.05) is 13.7 Å². The molecule has 1 amide bonds. The summed E-state index contributed by atoms with van der Waals surface area (Å²) in [6, 6.07) is 9.45. The van der Waals surface area contributed by atoms with E-state index >= 15 is 0 Å². The Morgan fingerprint density at radius 3 is 2.96 bits per heavy atom. The van der Waals surface area contributed by atoms with E-state index in [2.05, 4.69) is 15.5 Å². The molecule has 0 bridgehead atoms. The molecule has 1 aromatic carbocycles. The van der Waals surface area contributed by atoms with Gasteiger partial charge < -0.3 is 14.8 Å². The van der Waals surface area contributed by atoms with E-state index in [-0.39, 0.29) is 17.6 Å². The molecule has 24 heavy (non-hydrogen) atoms. The number of nitrogens with one attached hydrogen (secondary N) is 2. The predicted octanol–water partition coefficient (Wildman–Crippen LogP) is 2.77. The van der Waals surface area contributed by atoms with Gasteiger partial charge in [-0.15, -0.1) is 0 Å². The number of benzene rings is 1. The van der Waals surface area contributed by atoms with Crippen LogP contribution in [0.5, 0.6) is 5.75 Å². The number of methoxy groups -OCH3 is 1. The molecule has 0 aliphatic carbocycles. The van der Waals surface area contributed by atoms with Crippen LogP contribution in [-0.4, -0.2) is 41.5 Å². The number of aromatic nitrogens is 2. The molecule has 2 N–H and O–H groups in total. The summed E-state index contributed by atoms with van der Waals surface area (Å²) in [5.41, 5.74) is 1.78. The van der Waals surface area contributed by atoms with E-state index in [4.69, 9.17) is 9.47 Å². The molecule has 1 aliphatic heterocycles. The van der Waals surface area contributed by atoms with Crippen molar-refractivity contribution in [2.45, 2.75) is 38.3 Å². The van der Waals surface area contributed by atoms with Gasteiger partial charge in [0.15, 0.2) is 0 Å². The summed E-state index contributed by atoms with van der Waals surface area (Å²) in [7, 11) is 1.62. The Kier molecular flexibility index (Phi) is 4.57. The molecule has 0 unspecified atom stereocenters. The Bertz CT molecular complexity index is 724. The quantitative estimate of drug-likeness (QED) is 0.904. The number of H-pyrrole nitrogens is 1. The number of aromatic amines is 1. The van der Waals surface area contributed by atoms with Crippen LogP contribution in [0.3, 0.4) is 0 Å². The highest BCUT2D eigenvalue weighted by molar-refractivity contribution is 5.93. The summed E-state index contributed by atoms with van der Waals surface area (Å²) >= 11 is 0. The number of hydrogen-bond acceptors (Lipinski definition) is 4. The van der Waals surface area contributed by atoms with Crippen LogP contribution in [0, 0.1) is 0 Å². The first-order valence-electron chi connectivity index (χ1n) is 8.12. The van der Waals surface area contributed by atoms with Crippen molar-refractivity contribution in [3.05, 3.63) is 36.0 Å². The van der Waals surface area contributed by atoms with Gasteiger partial charge >= 0.3 is 0 Å². The van der Waals surface area contributed by atoms with Gasteiger partial charge in [-0.3, -0.25) is 9.89 Å². The van der Waals surface area contributed by atoms with Crippen molar-refractivity contribution >= 4 is 5.91 Å². The Balaban J connectivity index is 1.72. The summed E-state index contributed by atoms with van der Waals surface area (Å²) in [4.78, 5) is 12.5. The third-order valence-electron chi connectivity index (χ3n) is 4.24. The largest absolute Gasteiger partial charge is 0.496 e. The maximum Gasteiger partial charge on any atom is 0.269 e. The van der Waals surface area contributed by atoms with Crippen molar-refractivity contribution in [1.29, 1.82) is 0 Å². The lowest BCUT2D eigenvalue weighted by Gasteiger charge is -2.35.